The van der Waals surface area contributed by atoms with Gasteiger partial charge in [-0.15, -0.1) is 11.6 Å². The van der Waals surface area contributed by atoms with E-state index < -0.39 is 0 Å². The van der Waals surface area contributed by atoms with Crippen molar-refractivity contribution in [2.24, 2.45) is 0 Å². The summed E-state index contributed by atoms with van der Waals surface area (Å²) in [7, 11) is 0. The van der Waals surface area contributed by atoms with E-state index in [1.54, 1.807) is 0 Å². The van der Waals surface area contributed by atoms with Gasteiger partial charge in [-0.25, -0.2) is 0 Å². The van der Waals surface area contributed by atoms with E-state index >= 15 is 0 Å². The Morgan fingerprint density at radius 3 is 2.65 bits per heavy atom. The molecule has 1 aliphatic carbocycles. The third kappa shape index (κ3) is 2.07. The highest BCUT2D eigenvalue weighted by Gasteiger charge is 2.26. The van der Waals surface area contributed by atoms with Crippen molar-refractivity contribution in [2.45, 2.75) is 30.6 Å². The number of alkyl halides is 1. The Hall–Kier alpha value is -1.35. The molecule has 1 aliphatic rings. The smallest absolute Gasteiger partial charge is 0.249 e. The fourth-order valence-corrected chi connectivity index (χ4v) is 2.18. The van der Waals surface area contributed by atoms with Gasteiger partial charge in [0.25, 0.3) is 0 Å². The van der Waals surface area contributed by atoms with Gasteiger partial charge in [0, 0.05) is 5.92 Å². The molecule has 0 radical (unpaired) electrons. The van der Waals surface area contributed by atoms with Gasteiger partial charge in [-0.1, -0.05) is 41.9 Å². The van der Waals surface area contributed by atoms with Gasteiger partial charge in [0.15, 0.2) is 5.82 Å². The first-order valence-corrected chi connectivity index (χ1v) is 6.31. The maximum Gasteiger partial charge on any atom is 0.249 e. The molecule has 0 amide bonds. The number of hydrogen-bond acceptors (Lipinski definition) is 3. The van der Waals surface area contributed by atoms with Gasteiger partial charge < -0.3 is 4.52 Å². The van der Waals surface area contributed by atoms with Gasteiger partial charge in [0.1, 0.15) is 5.38 Å². The molecule has 1 saturated carbocycles. The predicted octanol–water partition coefficient (Wildman–Crippen LogP) is 3.67. The lowest BCUT2D eigenvalue weighted by atomic mass is 9.85. The number of nitrogens with zero attached hydrogens (tertiary/aromatic N) is 2. The van der Waals surface area contributed by atoms with Crippen LogP contribution in [-0.2, 0) is 0 Å². The van der Waals surface area contributed by atoms with Crippen LogP contribution >= 0.6 is 11.6 Å². The maximum atomic E-state index is 6.31. The van der Waals surface area contributed by atoms with Crippen LogP contribution in [0.15, 0.2) is 34.9 Å². The molecular weight excluding hydrogens is 236 g/mol. The summed E-state index contributed by atoms with van der Waals surface area (Å²) in [6.07, 6.45) is 3.59. The summed E-state index contributed by atoms with van der Waals surface area (Å²) in [4.78, 5) is 4.40. The number of rotatable bonds is 3. The first-order valence-electron chi connectivity index (χ1n) is 5.87. The highest BCUT2D eigenvalue weighted by Crippen LogP contribution is 2.36. The van der Waals surface area contributed by atoms with E-state index in [0.29, 0.717) is 11.8 Å². The van der Waals surface area contributed by atoms with Crippen molar-refractivity contribution < 1.29 is 4.52 Å². The molecule has 1 heterocycles. The molecule has 4 heteroatoms. The molecule has 0 saturated heterocycles. The van der Waals surface area contributed by atoms with Crippen molar-refractivity contribution in [3.05, 3.63) is 47.6 Å². The molecule has 3 rings (SSSR count). The van der Waals surface area contributed by atoms with E-state index in [4.69, 9.17) is 16.1 Å². The lowest BCUT2D eigenvalue weighted by Crippen LogP contribution is -2.10. The monoisotopic (exact) mass is 248 g/mol. The Morgan fingerprint density at radius 1 is 1.24 bits per heavy atom. The molecule has 1 atom stereocenters. The van der Waals surface area contributed by atoms with Gasteiger partial charge in [-0.2, -0.15) is 4.98 Å². The molecule has 1 fully saturated rings. The van der Waals surface area contributed by atoms with Crippen molar-refractivity contribution in [1.82, 2.24) is 10.1 Å². The number of benzene rings is 1. The molecule has 0 bridgehead atoms. The van der Waals surface area contributed by atoms with Crippen LogP contribution < -0.4 is 0 Å². The highest BCUT2D eigenvalue weighted by molar-refractivity contribution is 6.22. The molecule has 1 aromatic heterocycles. The van der Waals surface area contributed by atoms with Crippen molar-refractivity contribution >= 4 is 11.6 Å². The van der Waals surface area contributed by atoms with Crippen LogP contribution in [0.25, 0.3) is 0 Å². The summed E-state index contributed by atoms with van der Waals surface area (Å²) >= 11 is 6.31. The Kier molecular flexibility index (Phi) is 2.85. The summed E-state index contributed by atoms with van der Waals surface area (Å²) in [6, 6.07) is 9.79. The molecule has 2 aromatic rings. The van der Waals surface area contributed by atoms with Crippen LogP contribution in [0.5, 0.6) is 0 Å². The summed E-state index contributed by atoms with van der Waals surface area (Å²) < 4.78 is 5.24. The minimum absolute atomic E-state index is 0.350. The molecule has 88 valence electrons. The fraction of sp³-hybridized carbons (Fsp3) is 0.385. The lowest BCUT2D eigenvalue weighted by Gasteiger charge is -2.20. The van der Waals surface area contributed by atoms with Crippen LogP contribution in [0.4, 0.5) is 0 Å². The first kappa shape index (κ1) is 10.8. The summed E-state index contributed by atoms with van der Waals surface area (Å²) in [5.74, 6) is 1.79. The number of hydrogen-bond donors (Lipinski definition) is 0. The highest BCUT2D eigenvalue weighted by atomic mass is 35.5. The third-order valence-electron chi connectivity index (χ3n) is 3.24. The zero-order valence-corrected chi connectivity index (χ0v) is 10.1. The normalized spacial score (nSPS) is 17.7. The standard InChI is InChI=1S/C13H13ClN2O/c14-11(9-5-2-1-3-6-9)13-15-12(16-17-13)10-7-4-8-10/h1-3,5-6,10-11H,4,7-8H2. The molecule has 0 aliphatic heterocycles. The average molecular weight is 249 g/mol. The van der Waals surface area contributed by atoms with Crippen LogP contribution in [-0.4, -0.2) is 10.1 Å². The largest absolute Gasteiger partial charge is 0.337 e. The van der Waals surface area contributed by atoms with Gasteiger partial charge >= 0.3 is 0 Å². The molecular formula is C13H13ClN2O. The van der Waals surface area contributed by atoms with Crippen LogP contribution in [0.1, 0.15) is 47.8 Å². The van der Waals surface area contributed by atoms with E-state index in [-0.39, 0.29) is 5.38 Å². The quantitative estimate of drug-likeness (QED) is 0.778. The van der Waals surface area contributed by atoms with Crippen LogP contribution in [0, 0.1) is 0 Å². The molecule has 1 aromatic carbocycles. The molecule has 1 unspecified atom stereocenters. The van der Waals surface area contributed by atoms with Crippen LogP contribution in [0.3, 0.4) is 0 Å². The second-order valence-corrected chi connectivity index (χ2v) is 4.83. The molecule has 3 nitrogen and oxygen atoms in total. The van der Waals surface area contributed by atoms with Crippen molar-refractivity contribution in [1.29, 1.82) is 0 Å². The number of halogens is 1. The first-order chi connectivity index (χ1) is 8.34. The predicted molar refractivity (Wildman–Crippen MR) is 65.0 cm³/mol. The second kappa shape index (κ2) is 4.49. The van der Waals surface area contributed by atoms with E-state index in [1.165, 1.54) is 6.42 Å². The van der Waals surface area contributed by atoms with E-state index in [9.17, 15) is 0 Å². The lowest BCUT2D eigenvalue weighted by molar-refractivity contribution is 0.349. The molecule has 0 N–H and O–H groups in total. The Morgan fingerprint density at radius 2 is 2.00 bits per heavy atom. The van der Waals surface area contributed by atoms with Crippen molar-refractivity contribution in [2.75, 3.05) is 0 Å². The summed E-state index contributed by atoms with van der Waals surface area (Å²) in [5.41, 5.74) is 0.984. The Labute approximate surface area is 105 Å². The fourth-order valence-electron chi connectivity index (χ4n) is 1.95. The molecule has 17 heavy (non-hydrogen) atoms. The summed E-state index contributed by atoms with van der Waals surface area (Å²) in [5, 5.41) is 3.66. The van der Waals surface area contributed by atoms with Gasteiger partial charge in [-0.3, -0.25) is 0 Å². The van der Waals surface area contributed by atoms with Gasteiger partial charge in [0.2, 0.25) is 5.89 Å². The van der Waals surface area contributed by atoms with E-state index in [0.717, 1.165) is 24.2 Å². The van der Waals surface area contributed by atoms with E-state index in [1.807, 2.05) is 30.3 Å². The third-order valence-corrected chi connectivity index (χ3v) is 3.68. The average Bonchev–Trinajstić information content (AvgIpc) is 2.76. The van der Waals surface area contributed by atoms with Crippen molar-refractivity contribution in [3.8, 4) is 0 Å². The zero-order valence-electron chi connectivity index (χ0n) is 9.34. The van der Waals surface area contributed by atoms with E-state index in [2.05, 4.69) is 10.1 Å². The molecule has 0 spiro atoms. The van der Waals surface area contributed by atoms with Crippen LogP contribution in [0.2, 0.25) is 0 Å². The van der Waals surface area contributed by atoms with Gasteiger partial charge in [-0.05, 0) is 18.4 Å². The summed E-state index contributed by atoms with van der Waals surface area (Å²) in [6.45, 7) is 0. The maximum absolute atomic E-state index is 6.31. The minimum Gasteiger partial charge on any atom is -0.337 e. The Bertz CT molecular complexity index is 493. The SMILES string of the molecule is ClC(c1ccccc1)c1nc(C2CCC2)no1. The van der Waals surface area contributed by atoms with Crippen molar-refractivity contribution in [3.63, 3.8) is 0 Å². The van der Waals surface area contributed by atoms with Gasteiger partial charge in [0.05, 0.1) is 0 Å². The minimum atomic E-state index is -0.350. The topological polar surface area (TPSA) is 38.9 Å². The zero-order chi connectivity index (χ0) is 11.7. The number of aromatic nitrogens is 2. The Balaban J connectivity index is 1.81. The second-order valence-electron chi connectivity index (χ2n) is 4.39.